The summed E-state index contributed by atoms with van der Waals surface area (Å²) in [5, 5.41) is 3.79. The van der Waals surface area contributed by atoms with Crippen LogP contribution in [-0.2, 0) is 10.2 Å². The molecule has 0 radical (unpaired) electrons. The van der Waals surface area contributed by atoms with E-state index in [1.165, 1.54) is 18.4 Å². The van der Waals surface area contributed by atoms with Crippen LogP contribution in [0.5, 0.6) is 0 Å². The van der Waals surface area contributed by atoms with Gasteiger partial charge in [0.15, 0.2) is 5.12 Å². The second kappa shape index (κ2) is 6.49. The lowest BCUT2D eigenvalue weighted by Gasteiger charge is -2.61. The first-order chi connectivity index (χ1) is 13.2. The zero-order chi connectivity index (χ0) is 18.5. The molecule has 2 nitrogen and oxygen atoms in total. The van der Waals surface area contributed by atoms with Crippen LogP contribution in [0.2, 0.25) is 0 Å². The predicted octanol–water partition coefficient (Wildman–Crippen LogP) is 4.70. The first-order valence-corrected chi connectivity index (χ1v) is 10.7. The summed E-state index contributed by atoms with van der Waals surface area (Å²) >= 11 is 4.01. The van der Waals surface area contributed by atoms with Crippen molar-refractivity contribution < 1.29 is 4.79 Å². The molecule has 2 aromatic rings. The fourth-order valence-corrected chi connectivity index (χ4v) is 7.04. The largest absolute Gasteiger partial charge is 0.316 e. The molecule has 2 fully saturated rings. The SMILES string of the molecule is O=C(S)CCCC12CNCC1C1(c3ccccc3)CCC2c2ccccc21. The van der Waals surface area contributed by atoms with Crippen LogP contribution in [0.1, 0.15) is 54.7 Å². The van der Waals surface area contributed by atoms with Gasteiger partial charge in [-0.2, -0.15) is 0 Å². The van der Waals surface area contributed by atoms with Gasteiger partial charge in [0.25, 0.3) is 0 Å². The second-order valence-corrected chi connectivity index (χ2v) is 9.18. The van der Waals surface area contributed by atoms with E-state index in [0.717, 1.165) is 25.9 Å². The minimum atomic E-state index is 0.0213. The number of carbonyl (C=O) groups excluding carboxylic acids is 1. The van der Waals surface area contributed by atoms with E-state index in [1.807, 2.05) is 0 Å². The smallest absolute Gasteiger partial charge is 0.185 e. The average molecular weight is 378 g/mol. The number of carbonyl (C=O) groups is 1. The molecule has 1 saturated heterocycles. The topological polar surface area (TPSA) is 29.1 Å². The summed E-state index contributed by atoms with van der Waals surface area (Å²) in [6, 6.07) is 20.4. The highest BCUT2D eigenvalue weighted by atomic mass is 32.1. The second-order valence-electron chi connectivity index (χ2n) is 8.68. The summed E-state index contributed by atoms with van der Waals surface area (Å²) in [5.74, 6) is 1.20. The molecule has 2 aromatic carbocycles. The van der Waals surface area contributed by atoms with Crippen LogP contribution in [0.25, 0.3) is 0 Å². The summed E-state index contributed by atoms with van der Waals surface area (Å²) in [7, 11) is 0. The Kier molecular flexibility index (Phi) is 4.21. The van der Waals surface area contributed by atoms with Crippen LogP contribution in [0.15, 0.2) is 54.6 Å². The molecule has 140 valence electrons. The third-order valence-electron chi connectivity index (χ3n) is 7.75. The highest BCUT2D eigenvalue weighted by Gasteiger charge is 2.64. The van der Waals surface area contributed by atoms with Crippen LogP contribution in [-0.4, -0.2) is 18.2 Å². The van der Waals surface area contributed by atoms with E-state index in [1.54, 1.807) is 11.1 Å². The van der Waals surface area contributed by atoms with E-state index < -0.39 is 0 Å². The van der Waals surface area contributed by atoms with E-state index in [2.05, 4.69) is 72.5 Å². The molecule has 4 aliphatic rings. The van der Waals surface area contributed by atoms with Gasteiger partial charge >= 0.3 is 0 Å². The van der Waals surface area contributed by atoms with Gasteiger partial charge in [-0.1, -0.05) is 54.6 Å². The van der Waals surface area contributed by atoms with Gasteiger partial charge in [-0.25, -0.2) is 0 Å². The molecular formula is C24H27NOS. The molecule has 1 aliphatic heterocycles. The molecular weight excluding hydrogens is 350 g/mol. The van der Waals surface area contributed by atoms with Gasteiger partial charge in [-0.3, -0.25) is 4.79 Å². The van der Waals surface area contributed by atoms with E-state index in [-0.39, 0.29) is 15.9 Å². The van der Waals surface area contributed by atoms with Crippen molar-refractivity contribution in [3.8, 4) is 0 Å². The molecule has 27 heavy (non-hydrogen) atoms. The van der Waals surface area contributed by atoms with Crippen molar-refractivity contribution in [3.05, 3.63) is 71.3 Å². The lowest BCUT2D eigenvalue weighted by Crippen LogP contribution is -2.57. The maximum absolute atomic E-state index is 11.5. The van der Waals surface area contributed by atoms with E-state index in [4.69, 9.17) is 0 Å². The first kappa shape index (κ1) is 17.5. The van der Waals surface area contributed by atoms with Crippen LogP contribution in [0, 0.1) is 11.3 Å². The maximum atomic E-state index is 11.5. The highest BCUT2D eigenvalue weighted by Crippen LogP contribution is 2.68. The minimum Gasteiger partial charge on any atom is -0.316 e. The molecule has 0 aromatic heterocycles. The number of nitrogens with one attached hydrogen (secondary N) is 1. The molecule has 1 N–H and O–H groups in total. The van der Waals surface area contributed by atoms with Crippen LogP contribution in [0.4, 0.5) is 0 Å². The summed E-state index contributed by atoms with van der Waals surface area (Å²) in [4.78, 5) is 11.5. The Morgan fingerprint density at radius 2 is 1.89 bits per heavy atom. The molecule has 4 atom stereocenters. The summed E-state index contributed by atoms with van der Waals surface area (Å²) in [5.41, 5.74) is 4.94. The van der Waals surface area contributed by atoms with Gasteiger partial charge in [0, 0.05) is 18.4 Å². The number of hydrogen-bond acceptors (Lipinski definition) is 2. The minimum absolute atomic E-state index is 0.0213. The van der Waals surface area contributed by atoms with Crippen molar-refractivity contribution in [1.29, 1.82) is 0 Å². The van der Waals surface area contributed by atoms with Gasteiger partial charge in [0.1, 0.15) is 0 Å². The molecule has 1 saturated carbocycles. The lowest BCUT2D eigenvalue weighted by molar-refractivity contribution is -0.111. The zero-order valence-corrected chi connectivity index (χ0v) is 16.6. The standard InChI is InChI=1S/C24H27NOS/c26-22(27)11-6-13-23-16-25-15-21(23)24(17-7-2-1-3-8-17)14-12-19(23)18-9-4-5-10-20(18)24/h1-5,7-10,19,21,25H,6,11-16H2,(H,26,27). The first-order valence-electron chi connectivity index (χ1n) is 10.3. The number of thiol groups is 1. The lowest BCUT2D eigenvalue weighted by atomic mass is 9.41. The zero-order valence-electron chi connectivity index (χ0n) is 15.7. The quantitative estimate of drug-likeness (QED) is 0.740. The molecule has 0 amide bonds. The fraction of sp³-hybridized carbons (Fsp3) is 0.458. The van der Waals surface area contributed by atoms with Crippen molar-refractivity contribution in [1.82, 2.24) is 5.32 Å². The number of hydrogen-bond donors (Lipinski definition) is 2. The summed E-state index contributed by atoms with van der Waals surface area (Å²) in [6.45, 7) is 2.15. The maximum Gasteiger partial charge on any atom is 0.185 e. The van der Waals surface area contributed by atoms with Crippen molar-refractivity contribution in [2.75, 3.05) is 13.1 Å². The number of benzene rings is 2. The highest BCUT2D eigenvalue weighted by molar-refractivity contribution is 7.96. The Balaban J connectivity index is 1.68. The van der Waals surface area contributed by atoms with Gasteiger partial charge in [0.2, 0.25) is 0 Å². The third-order valence-corrected chi connectivity index (χ3v) is 7.97. The summed E-state index contributed by atoms with van der Waals surface area (Å²) in [6.07, 6.45) is 5.14. The molecule has 6 rings (SSSR count). The van der Waals surface area contributed by atoms with Crippen molar-refractivity contribution in [3.63, 3.8) is 0 Å². The van der Waals surface area contributed by atoms with Gasteiger partial charge in [-0.05, 0) is 66.2 Å². The third kappa shape index (κ3) is 2.41. The van der Waals surface area contributed by atoms with Crippen molar-refractivity contribution >= 4 is 17.7 Å². The Hall–Kier alpha value is -1.58. The molecule has 3 aliphatic carbocycles. The van der Waals surface area contributed by atoms with Crippen LogP contribution >= 0.6 is 12.6 Å². The van der Waals surface area contributed by atoms with E-state index >= 15 is 0 Å². The molecule has 3 heteroatoms. The molecule has 2 bridgehead atoms. The predicted molar refractivity (Wildman–Crippen MR) is 112 cm³/mol. The Bertz CT molecular complexity index is 866. The van der Waals surface area contributed by atoms with Crippen molar-refractivity contribution in [2.24, 2.45) is 11.3 Å². The Morgan fingerprint density at radius 1 is 1.11 bits per heavy atom. The Morgan fingerprint density at radius 3 is 2.70 bits per heavy atom. The molecule has 1 heterocycles. The van der Waals surface area contributed by atoms with E-state index in [9.17, 15) is 4.79 Å². The number of rotatable bonds is 5. The van der Waals surface area contributed by atoms with Gasteiger partial charge < -0.3 is 5.32 Å². The summed E-state index contributed by atoms with van der Waals surface area (Å²) < 4.78 is 0. The number of fused-ring (bicyclic) bond motifs is 1. The monoisotopic (exact) mass is 377 g/mol. The van der Waals surface area contributed by atoms with Crippen LogP contribution in [0.3, 0.4) is 0 Å². The van der Waals surface area contributed by atoms with E-state index in [0.29, 0.717) is 18.3 Å². The van der Waals surface area contributed by atoms with Gasteiger partial charge in [-0.15, -0.1) is 12.6 Å². The van der Waals surface area contributed by atoms with Crippen molar-refractivity contribution in [2.45, 2.75) is 43.4 Å². The molecule has 4 unspecified atom stereocenters. The molecule has 0 spiro atoms. The van der Waals surface area contributed by atoms with Gasteiger partial charge in [0.05, 0.1) is 0 Å². The van der Waals surface area contributed by atoms with Crippen LogP contribution < -0.4 is 5.32 Å². The Labute approximate surface area is 167 Å². The normalized spacial score (nSPS) is 33.5. The average Bonchev–Trinajstić information content (AvgIpc) is 3.15. The fourth-order valence-electron chi connectivity index (χ4n) is 6.88.